The van der Waals surface area contributed by atoms with Gasteiger partial charge in [0.2, 0.25) is 0 Å². The lowest BCUT2D eigenvalue weighted by Crippen LogP contribution is -2.21. The second-order valence-electron chi connectivity index (χ2n) is 4.76. The van der Waals surface area contributed by atoms with E-state index in [1.54, 1.807) is 18.3 Å². The molecule has 0 atom stereocenters. The molecule has 1 aromatic heterocycles. The molecule has 1 aromatic rings. The molecule has 0 saturated heterocycles. The van der Waals surface area contributed by atoms with E-state index in [9.17, 15) is 4.79 Å². The van der Waals surface area contributed by atoms with Crippen molar-refractivity contribution >= 4 is 11.8 Å². The van der Waals surface area contributed by atoms with Crippen LogP contribution >= 0.6 is 0 Å². The predicted molar refractivity (Wildman–Crippen MR) is 72.5 cm³/mol. The van der Waals surface area contributed by atoms with Crippen LogP contribution < -0.4 is 5.32 Å². The molecule has 1 heterocycles. The normalized spacial score (nSPS) is 16.2. The molecule has 19 heavy (non-hydrogen) atoms. The highest BCUT2D eigenvalue weighted by molar-refractivity contribution is 5.92. The number of carboxylic acid groups (broad SMARTS) is 1. The minimum Gasteiger partial charge on any atom is -0.478 e. The monoisotopic (exact) mass is 264 g/mol. The van der Waals surface area contributed by atoms with Gasteiger partial charge in [-0.25, -0.2) is 9.78 Å². The van der Waals surface area contributed by atoms with Gasteiger partial charge in [-0.2, -0.15) is 0 Å². The summed E-state index contributed by atoms with van der Waals surface area (Å²) < 4.78 is 5.77. The summed E-state index contributed by atoms with van der Waals surface area (Å²) in [6.45, 7) is 1.16. The molecule has 5 nitrogen and oxygen atoms in total. The van der Waals surface area contributed by atoms with Gasteiger partial charge in [-0.05, 0) is 25.0 Å². The molecule has 1 aliphatic carbocycles. The number of carbonyl (C=O) groups is 1. The average Bonchev–Trinajstić information content (AvgIpc) is 2.45. The topological polar surface area (TPSA) is 71.5 Å². The number of rotatable bonds is 6. The van der Waals surface area contributed by atoms with E-state index in [4.69, 9.17) is 9.84 Å². The Balaban J connectivity index is 1.74. The highest BCUT2D eigenvalue weighted by Gasteiger charge is 2.13. The van der Waals surface area contributed by atoms with Gasteiger partial charge < -0.3 is 15.2 Å². The van der Waals surface area contributed by atoms with Crippen LogP contribution in [0.3, 0.4) is 0 Å². The van der Waals surface area contributed by atoms with Crippen molar-refractivity contribution in [3.05, 3.63) is 23.9 Å². The van der Waals surface area contributed by atoms with Gasteiger partial charge in [0.1, 0.15) is 11.4 Å². The number of ether oxygens (including phenoxy) is 1. The van der Waals surface area contributed by atoms with E-state index in [0.29, 0.717) is 25.1 Å². The van der Waals surface area contributed by atoms with Gasteiger partial charge in [-0.15, -0.1) is 0 Å². The van der Waals surface area contributed by atoms with Gasteiger partial charge in [-0.3, -0.25) is 0 Å². The lowest BCUT2D eigenvalue weighted by Gasteiger charge is -2.22. The first-order valence-electron chi connectivity index (χ1n) is 6.81. The summed E-state index contributed by atoms with van der Waals surface area (Å²) in [5.41, 5.74) is 0.195. The smallest absolute Gasteiger partial charge is 0.339 e. The molecule has 0 unspecified atom stereocenters. The van der Waals surface area contributed by atoms with Crippen molar-refractivity contribution < 1.29 is 14.6 Å². The number of hydrogen-bond acceptors (Lipinski definition) is 4. The summed E-state index contributed by atoms with van der Waals surface area (Å²) in [5, 5.41) is 12.0. The summed E-state index contributed by atoms with van der Waals surface area (Å²) in [6.07, 6.45) is 8.06. The van der Waals surface area contributed by atoms with Crippen molar-refractivity contribution in [2.45, 2.75) is 38.2 Å². The lowest BCUT2D eigenvalue weighted by atomic mass is 9.98. The Morgan fingerprint density at radius 2 is 2.21 bits per heavy atom. The van der Waals surface area contributed by atoms with Gasteiger partial charge >= 0.3 is 5.97 Å². The second kappa shape index (κ2) is 7.09. The lowest BCUT2D eigenvalue weighted by molar-refractivity contribution is 0.0347. The molecule has 0 aliphatic heterocycles. The van der Waals surface area contributed by atoms with Gasteiger partial charge in [0.05, 0.1) is 12.7 Å². The zero-order chi connectivity index (χ0) is 13.5. The third-order valence-corrected chi connectivity index (χ3v) is 3.34. The zero-order valence-corrected chi connectivity index (χ0v) is 11.0. The Morgan fingerprint density at radius 1 is 1.42 bits per heavy atom. The number of pyridine rings is 1. The van der Waals surface area contributed by atoms with Crippen molar-refractivity contribution in [2.75, 3.05) is 18.5 Å². The summed E-state index contributed by atoms with van der Waals surface area (Å²) >= 11 is 0. The van der Waals surface area contributed by atoms with Gasteiger partial charge in [-0.1, -0.05) is 19.3 Å². The SMILES string of the molecule is O=C(O)c1cccnc1NCCOC1CCCCC1. The Hall–Kier alpha value is -1.62. The third kappa shape index (κ3) is 4.21. The highest BCUT2D eigenvalue weighted by atomic mass is 16.5. The molecule has 104 valence electrons. The van der Waals surface area contributed by atoms with Crippen LogP contribution in [0.5, 0.6) is 0 Å². The maximum atomic E-state index is 11.0. The van der Waals surface area contributed by atoms with E-state index in [2.05, 4.69) is 10.3 Å². The fourth-order valence-electron chi connectivity index (χ4n) is 2.35. The second-order valence-corrected chi connectivity index (χ2v) is 4.76. The summed E-state index contributed by atoms with van der Waals surface area (Å²) in [4.78, 5) is 15.0. The van der Waals surface area contributed by atoms with E-state index in [1.807, 2.05) is 0 Å². The molecule has 0 spiro atoms. The Morgan fingerprint density at radius 3 is 2.95 bits per heavy atom. The molecule has 0 radical (unpaired) electrons. The number of carboxylic acids is 1. The molecule has 2 rings (SSSR count). The van der Waals surface area contributed by atoms with Crippen LogP contribution in [0.4, 0.5) is 5.82 Å². The number of nitrogens with one attached hydrogen (secondary N) is 1. The molecule has 0 aromatic carbocycles. The molecule has 1 saturated carbocycles. The minimum absolute atomic E-state index is 0.195. The maximum absolute atomic E-state index is 11.0. The average molecular weight is 264 g/mol. The Kier molecular flexibility index (Phi) is 5.15. The minimum atomic E-state index is -0.969. The van der Waals surface area contributed by atoms with Crippen LogP contribution in [-0.2, 0) is 4.74 Å². The maximum Gasteiger partial charge on any atom is 0.339 e. The molecule has 0 amide bonds. The largest absolute Gasteiger partial charge is 0.478 e. The standard InChI is InChI=1S/C14H20N2O3/c17-14(18)12-7-4-8-15-13(12)16-9-10-19-11-5-2-1-3-6-11/h4,7-8,11H,1-3,5-6,9-10H2,(H,15,16)(H,17,18). The van der Waals surface area contributed by atoms with Crippen molar-refractivity contribution in [2.24, 2.45) is 0 Å². The Labute approximate surface area is 113 Å². The van der Waals surface area contributed by atoms with Crippen molar-refractivity contribution in [3.8, 4) is 0 Å². The fourth-order valence-corrected chi connectivity index (χ4v) is 2.35. The van der Waals surface area contributed by atoms with Crippen molar-refractivity contribution in [1.29, 1.82) is 0 Å². The van der Waals surface area contributed by atoms with E-state index >= 15 is 0 Å². The van der Waals surface area contributed by atoms with E-state index < -0.39 is 5.97 Å². The molecule has 1 aliphatic rings. The first-order valence-corrected chi connectivity index (χ1v) is 6.81. The molecule has 1 fully saturated rings. The summed E-state index contributed by atoms with van der Waals surface area (Å²) in [7, 11) is 0. The first-order chi connectivity index (χ1) is 9.27. The van der Waals surface area contributed by atoms with Crippen LogP contribution in [0, 0.1) is 0 Å². The molecule has 2 N–H and O–H groups in total. The summed E-state index contributed by atoms with van der Waals surface area (Å²) in [6, 6.07) is 3.16. The molecular weight excluding hydrogens is 244 g/mol. The van der Waals surface area contributed by atoms with Crippen LogP contribution in [0.15, 0.2) is 18.3 Å². The van der Waals surface area contributed by atoms with Gasteiger partial charge in [0, 0.05) is 12.7 Å². The molecule has 0 bridgehead atoms. The zero-order valence-electron chi connectivity index (χ0n) is 11.0. The van der Waals surface area contributed by atoms with Gasteiger partial charge in [0.15, 0.2) is 0 Å². The summed E-state index contributed by atoms with van der Waals surface area (Å²) in [5.74, 6) is -0.564. The van der Waals surface area contributed by atoms with Crippen LogP contribution in [0.2, 0.25) is 0 Å². The van der Waals surface area contributed by atoms with E-state index in [-0.39, 0.29) is 5.56 Å². The van der Waals surface area contributed by atoms with Gasteiger partial charge in [0.25, 0.3) is 0 Å². The van der Waals surface area contributed by atoms with E-state index in [0.717, 1.165) is 12.8 Å². The Bertz CT molecular complexity index is 417. The van der Waals surface area contributed by atoms with Crippen molar-refractivity contribution in [3.63, 3.8) is 0 Å². The fraction of sp³-hybridized carbons (Fsp3) is 0.571. The van der Waals surface area contributed by atoms with Crippen LogP contribution in [-0.4, -0.2) is 35.3 Å². The molecular formula is C14H20N2O3. The predicted octanol–water partition coefficient (Wildman–Crippen LogP) is 2.54. The third-order valence-electron chi connectivity index (χ3n) is 3.34. The van der Waals surface area contributed by atoms with E-state index in [1.165, 1.54) is 19.3 Å². The first kappa shape index (κ1) is 13.8. The van der Waals surface area contributed by atoms with Crippen LogP contribution in [0.1, 0.15) is 42.5 Å². The number of hydrogen-bond donors (Lipinski definition) is 2. The van der Waals surface area contributed by atoms with Crippen molar-refractivity contribution in [1.82, 2.24) is 4.98 Å². The quantitative estimate of drug-likeness (QED) is 0.773. The molecule has 5 heteroatoms. The van der Waals surface area contributed by atoms with Crippen LogP contribution in [0.25, 0.3) is 0 Å². The number of anilines is 1. The number of aromatic nitrogens is 1. The number of aromatic carboxylic acids is 1. The number of nitrogens with zero attached hydrogens (tertiary/aromatic N) is 1. The highest BCUT2D eigenvalue weighted by Crippen LogP contribution is 2.20.